The number of benzene rings is 1. The van der Waals surface area contributed by atoms with E-state index in [-0.39, 0.29) is 18.4 Å². The monoisotopic (exact) mass is 325 g/mol. The van der Waals surface area contributed by atoms with E-state index in [4.69, 9.17) is 4.74 Å². The first-order valence-corrected chi connectivity index (χ1v) is 8.37. The number of rotatable bonds is 3. The molecule has 1 amide bonds. The fraction of sp³-hybridized carbons (Fsp3) is 0.421. The van der Waals surface area contributed by atoms with Crippen molar-refractivity contribution in [2.75, 3.05) is 6.61 Å². The molecule has 0 spiro atoms. The molecule has 1 saturated heterocycles. The summed E-state index contributed by atoms with van der Waals surface area (Å²) in [7, 11) is 0. The first-order chi connectivity index (χ1) is 11.6. The summed E-state index contributed by atoms with van der Waals surface area (Å²) in [5, 5.41) is 2.87. The van der Waals surface area contributed by atoms with Gasteiger partial charge in [-0.25, -0.2) is 0 Å². The fourth-order valence-electron chi connectivity index (χ4n) is 5.01. The number of carbonyl (C=O) groups excluding carboxylic acids is 3. The van der Waals surface area contributed by atoms with Gasteiger partial charge in [-0.15, -0.1) is 0 Å². The third-order valence-corrected chi connectivity index (χ3v) is 5.80. The van der Waals surface area contributed by atoms with Gasteiger partial charge in [-0.1, -0.05) is 42.5 Å². The minimum atomic E-state index is -1.45. The summed E-state index contributed by atoms with van der Waals surface area (Å²) >= 11 is 0. The number of hydrogen-bond donors (Lipinski definition) is 1. The van der Waals surface area contributed by atoms with E-state index in [0.29, 0.717) is 6.42 Å². The predicted molar refractivity (Wildman–Crippen MR) is 85.7 cm³/mol. The Morgan fingerprint density at radius 3 is 2.75 bits per heavy atom. The van der Waals surface area contributed by atoms with Crippen molar-refractivity contribution in [3.05, 3.63) is 48.0 Å². The van der Waals surface area contributed by atoms with E-state index in [9.17, 15) is 14.4 Å². The Kier molecular flexibility index (Phi) is 3.17. The van der Waals surface area contributed by atoms with E-state index in [1.54, 1.807) is 6.92 Å². The zero-order chi connectivity index (χ0) is 16.9. The van der Waals surface area contributed by atoms with E-state index in [2.05, 4.69) is 11.4 Å². The van der Waals surface area contributed by atoms with Crippen molar-refractivity contribution < 1.29 is 19.1 Å². The van der Waals surface area contributed by atoms with Crippen LogP contribution in [0.4, 0.5) is 0 Å². The number of carbonyl (C=O) groups is 3. The standard InChI is InChI=1S/C19H19NO4/c1-2-24-17(23)18-13-10-6-7-11-14(13)19(18,20-16(22)15(18)21)12-8-4-3-5-9-12/h3-5,7-9,11,13-14H,2,6,10H2,1H3,(H,20,22). The van der Waals surface area contributed by atoms with Gasteiger partial charge in [0.1, 0.15) is 0 Å². The number of allylic oxidation sites excluding steroid dienone is 1. The number of amides is 1. The van der Waals surface area contributed by atoms with Gasteiger partial charge in [0, 0.05) is 5.92 Å². The molecule has 4 atom stereocenters. The zero-order valence-electron chi connectivity index (χ0n) is 13.5. The number of fused-ring (bicyclic) bond motifs is 4. The molecule has 1 aromatic rings. The number of nitrogens with one attached hydrogen (secondary N) is 1. The van der Waals surface area contributed by atoms with Gasteiger partial charge < -0.3 is 10.1 Å². The zero-order valence-corrected chi connectivity index (χ0v) is 13.5. The molecular formula is C19H19NO4. The second-order valence-electron chi connectivity index (χ2n) is 6.62. The SMILES string of the molecule is CCOC(=O)C12C(=O)C(=O)NC1(c1ccccc1)C1C=CCCC12. The Balaban J connectivity index is 1.97. The summed E-state index contributed by atoms with van der Waals surface area (Å²) in [6, 6.07) is 9.32. The molecule has 2 aliphatic carbocycles. The summed E-state index contributed by atoms with van der Waals surface area (Å²) in [6.07, 6.45) is 5.61. The van der Waals surface area contributed by atoms with E-state index in [1.807, 2.05) is 36.4 Å². The summed E-state index contributed by atoms with van der Waals surface area (Å²) < 4.78 is 5.29. The highest BCUT2D eigenvalue weighted by molar-refractivity contribution is 6.46. The van der Waals surface area contributed by atoms with Gasteiger partial charge in [-0.3, -0.25) is 14.4 Å². The minimum absolute atomic E-state index is 0.0755. The fourth-order valence-corrected chi connectivity index (χ4v) is 5.01. The van der Waals surface area contributed by atoms with Crippen LogP contribution in [0, 0.1) is 17.3 Å². The highest BCUT2D eigenvalue weighted by atomic mass is 16.5. The van der Waals surface area contributed by atoms with Crippen molar-refractivity contribution in [1.29, 1.82) is 0 Å². The Labute approximate surface area is 140 Å². The number of ketones is 1. The molecule has 4 unspecified atom stereocenters. The number of ether oxygens (including phenoxy) is 1. The van der Waals surface area contributed by atoms with Gasteiger partial charge in [-0.2, -0.15) is 0 Å². The summed E-state index contributed by atoms with van der Waals surface area (Å²) in [5.41, 5.74) is -1.70. The maximum Gasteiger partial charge on any atom is 0.323 e. The van der Waals surface area contributed by atoms with Crippen LogP contribution in [0.25, 0.3) is 0 Å². The molecule has 5 nitrogen and oxygen atoms in total. The van der Waals surface area contributed by atoms with Gasteiger partial charge in [0.25, 0.3) is 5.91 Å². The first kappa shape index (κ1) is 15.1. The van der Waals surface area contributed by atoms with Crippen LogP contribution in [0.2, 0.25) is 0 Å². The lowest BCUT2D eigenvalue weighted by Crippen LogP contribution is -2.74. The van der Waals surface area contributed by atoms with Crippen LogP contribution in [-0.2, 0) is 24.7 Å². The molecule has 4 rings (SSSR count). The normalized spacial score (nSPS) is 36.4. The Morgan fingerprint density at radius 1 is 1.29 bits per heavy atom. The molecule has 1 aromatic carbocycles. The van der Waals surface area contributed by atoms with E-state index >= 15 is 0 Å². The van der Waals surface area contributed by atoms with Crippen molar-refractivity contribution in [2.45, 2.75) is 25.3 Å². The van der Waals surface area contributed by atoms with Gasteiger partial charge in [0.2, 0.25) is 5.78 Å². The quantitative estimate of drug-likeness (QED) is 0.397. The first-order valence-electron chi connectivity index (χ1n) is 8.37. The molecule has 0 aromatic heterocycles. The third-order valence-electron chi connectivity index (χ3n) is 5.80. The largest absolute Gasteiger partial charge is 0.465 e. The molecule has 3 aliphatic rings. The number of Topliss-reactive ketones (excluding diaryl/α,β-unsaturated/α-hetero) is 1. The summed E-state index contributed by atoms with van der Waals surface area (Å²) in [5.74, 6) is -2.19. The molecular weight excluding hydrogens is 306 g/mol. The van der Waals surface area contributed by atoms with Crippen LogP contribution in [0.3, 0.4) is 0 Å². The van der Waals surface area contributed by atoms with Gasteiger partial charge in [0.05, 0.1) is 12.1 Å². The molecule has 124 valence electrons. The van der Waals surface area contributed by atoms with Crippen molar-refractivity contribution in [3.63, 3.8) is 0 Å². The molecule has 0 bridgehead atoms. The van der Waals surface area contributed by atoms with Crippen LogP contribution in [-0.4, -0.2) is 24.3 Å². The van der Waals surface area contributed by atoms with Crippen LogP contribution in [0.5, 0.6) is 0 Å². The molecule has 1 aliphatic heterocycles. The van der Waals surface area contributed by atoms with Crippen LogP contribution in [0.1, 0.15) is 25.3 Å². The van der Waals surface area contributed by atoms with Gasteiger partial charge in [-0.05, 0) is 31.2 Å². The molecule has 1 N–H and O–H groups in total. The topological polar surface area (TPSA) is 72.5 Å². The molecule has 5 heteroatoms. The minimum Gasteiger partial charge on any atom is -0.465 e. The van der Waals surface area contributed by atoms with Crippen molar-refractivity contribution in [3.8, 4) is 0 Å². The second kappa shape index (κ2) is 5.03. The van der Waals surface area contributed by atoms with Crippen LogP contribution in [0.15, 0.2) is 42.5 Å². The lowest BCUT2D eigenvalue weighted by molar-refractivity contribution is -0.194. The Hall–Kier alpha value is -2.43. The Morgan fingerprint density at radius 2 is 2.04 bits per heavy atom. The molecule has 2 fully saturated rings. The van der Waals surface area contributed by atoms with E-state index < -0.39 is 28.6 Å². The number of esters is 1. The van der Waals surface area contributed by atoms with Crippen LogP contribution >= 0.6 is 0 Å². The molecule has 1 saturated carbocycles. The maximum atomic E-state index is 13.0. The average molecular weight is 325 g/mol. The lowest BCUT2D eigenvalue weighted by Gasteiger charge is -2.63. The molecule has 24 heavy (non-hydrogen) atoms. The van der Waals surface area contributed by atoms with Crippen LogP contribution < -0.4 is 5.32 Å². The van der Waals surface area contributed by atoms with E-state index in [1.165, 1.54) is 0 Å². The van der Waals surface area contributed by atoms with Gasteiger partial charge >= 0.3 is 5.97 Å². The Bertz CT molecular complexity index is 756. The van der Waals surface area contributed by atoms with Crippen molar-refractivity contribution >= 4 is 17.7 Å². The molecule has 1 heterocycles. The predicted octanol–water partition coefficient (Wildman–Crippen LogP) is 1.73. The summed E-state index contributed by atoms with van der Waals surface area (Å²) in [4.78, 5) is 38.2. The highest BCUT2D eigenvalue weighted by Gasteiger charge is 2.84. The number of hydrogen-bond acceptors (Lipinski definition) is 4. The third kappa shape index (κ3) is 1.48. The maximum absolute atomic E-state index is 13.0. The highest BCUT2D eigenvalue weighted by Crippen LogP contribution is 2.69. The smallest absolute Gasteiger partial charge is 0.323 e. The van der Waals surface area contributed by atoms with Crippen molar-refractivity contribution in [2.24, 2.45) is 17.3 Å². The van der Waals surface area contributed by atoms with Crippen molar-refractivity contribution in [1.82, 2.24) is 5.32 Å². The average Bonchev–Trinajstić information content (AvgIpc) is 2.80. The summed E-state index contributed by atoms with van der Waals surface area (Å²) in [6.45, 7) is 1.89. The molecule has 0 radical (unpaired) electrons. The van der Waals surface area contributed by atoms with E-state index in [0.717, 1.165) is 12.0 Å². The van der Waals surface area contributed by atoms with Gasteiger partial charge in [0.15, 0.2) is 5.41 Å². The lowest BCUT2D eigenvalue weighted by atomic mass is 9.39. The second-order valence-corrected chi connectivity index (χ2v) is 6.62.